The van der Waals surface area contributed by atoms with E-state index in [9.17, 15) is 14.7 Å². The molecule has 0 aromatic heterocycles. The van der Waals surface area contributed by atoms with Crippen LogP contribution in [0.2, 0.25) is 0 Å². The van der Waals surface area contributed by atoms with E-state index >= 15 is 0 Å². The van der Waals surface area contributed by atoms with Crippen LogP contribution in [0.1, 0.15) is 64.7 Å². The number of carbonyl (C=O) groups excluding carboxylic acids is 1. The van der Waals surface area contributed by atoms with Crippen molar-refractivity contribution in [2.75, 3.05) is 0 Å². The monoisotopic (exact) mass is 334 g/mol. The summed E-state index contributed by atoms with van der Waals surface area (Å²) in [5.74, 6) is -0.647. The van der Waals surface area contributed by atoms with Gasteiger partial charge in [0.15, 0.2) is 5.78 Å². The fraction of sp³-hybridized carbons (Fsp3) is 0.600. The van der Waals surface area contributed by atoms with Crippen LogP contribution in [0.25, 0.3) is 0 Å². The number of aliphatic carboxylic acids is 1. The molecule has 0 saturated heterocycles. The molecule has 4 heteroatoms. The highest BCUT2D eigenvalue weighted by atomic mass is 16.4. The molecule has 0 spiro atoms. The molecule has 0 aliphatic heterocycles. The molecule has 0 fully saturated rings. The maximum Gasteiger partial charge on any atom is 0.303 e. The zero-order chi connectivity index (χ0) is 17.8. The molecule has 0 radical (unpaired) electrons. The first-order valence-corrected chi connectivity index (χ1v) is 9.02. The Labute approximate surface area is 145 Å². The summed E-state index contributed by atoms with van der Waals surface area (Å²) in [7, 11) is 0. The lowest BCUT2D eigenvalue weighted by Crippen LogP contribution is -2.08. The fourth-order valence-electron chi connectivity index (χ4n) is 2.79. The van der Waals surface area contributed by atoms with Gasteiger partial charge >= 0.3 is 5.97 Å². The SMILES string of the molecule is CCCCC[C@H](O)C/C=C1\C(=O)C=C[C@H]1C/C=C/CCCC(=O)O. The Bertz CT molecular complexity index is 488. The van der Waals surface area contributed by atoms with Crippen LogP contribution in [0.15, 0.2) is 36.0 Å². The average Bonchev–Trinajstić information content (AvgIpc) is 2.89. The van der Waals surface area contributed by atoms with E-state index < -0.39 is 5.97 Å². The number of carbonyl (C=O) groups is 2. The quantitative estimate of drug-likeness (QED) is 0.319. The summed E-state index contributed by atoms with van der Waals surface area (Å²) in [6.07, 6.45) is 16.0. The Kier molecular flexibility index (Phi) is 10.0. The number of unbranched alkanes of at least 4 members (excludes halogenated alkanes) is 3. The minimum Gasteiger partial charge on any atom is -0.481 e. The smallest absolute Gasteiger partial charge is 0.303 e. The Balaban J connectivity index is 2.39. The van der Waals surface area contributed by atoms with E-state index in [1.54, 1.807) is 6.08 Å². The van der Waals surface area contributed by atoms with E-state index in [0.29, 0.717) is 12.8 Å². The molecule has 134 valence electrons. The largest absolute Gasteiger partial charge is 0.481 e. The molecule has 24 heavy (non-hydrogen) atoms. The second kappa shape index (κ2) is 11.8. The molecule has 0 bridgehead atoms. The van der Waals surface area contributed by atoms with E-state index in [1.165, 1.54) is 0 Å². The molecule has 0 unspecified atom stereocenters. The molecular weight excluding hydrogens is 304 g/mol. The average molecular weight is 334 g/mol. The lowest BCUT2D eigenvalue weighted by Gasteiger charge is -2.11. The van der Waals surface area contributed by atoms with Crippen LogP contribution >= 0.6 is 0 Å². The minimum absolute atomic E-state index is 0.0417. The Hall–Kier alpha value is -1.68. The first kappa shape index (κ1) is 20.4. The number of rotatable bonds is 12. The summed E-state index contributed by atoms with van der Waals surface area (Å²) in [6, 6.07) is 0. The van der Waals surface area contributed by atoms with Gasteiger partial charge in [-0.05, 0) is 38.2 Å². The first-order chi connectivity index (χ1) is 11.5. The zero-order valence-corrected chi connectivity index (χ0v) is 14.6. The van der Waals surface area contributed by atoms with Crippen LogP contribution < -0.4 is 0 Å². The molecule has 2 N–H and O–H groups in total. The van der Waals surface area contributed by atoms with Crippen molar-refractivity contribution in [1.29, 1.82) is 0 Å². The van der Waals surface area contributed by atoms with Gasteiger partial charge in [-0.15, -0.1) is 0 Å². The van der Waals surface area contributed by atoms with Crippen molar-refractivity contribution in [3.05, 3.63) is 36.0 Å². The van der Waals surface area contributed by atoms with E-state index in [-0.39, 0.29) is 24.2 Å². The highest BCUT2D eigenvalue weighted by molar-refractivity contribution is 6.07. The summed E-state index contributed by atoms with van der Waals surface area (Å²) >= 11 is 0. The van der Waals surface area contributed by atoms with E-state index in [2.05, 4.69) is 6.92 Å². The summed E-state index contributed by atoms with van der Waals surface area (Å²) in [6.45, 7) is 2.14. The van der Waals surface area contributed by atoms with Crippen LogP contribution in [-0.2, 0) is 9.59 Å². The van der Waals surface area contributed by atoms with Gasteiger partial charge in [-0.1, -0.05) is 50.5 Å². The van der Waals surface area contributed by atoms with Gasteiger partial charge in [-0.2, -0.15) is 0 Å². The summed E-state index contributed by atoms with van der Waals surface area (Å²) < 4.78 is 0. The van der Waals surface area contributed by atoms with Gasteiger partial charge in [-0.25, -0.2) is 0 Å². The molecule has 4 nitrogen and oxygen atoms in total. The van der Waals surface area contributed by atoms with Crippen molar-refractivity contribution in [3.8, 4) is 0 Å². The van der Waals surface area contributed by atoms with Crippen LogP contribution in [0, 0.1) is 5.92 Å². The third-order valence-corrected chi connectivity index (χ3v) is 4.23. The third kappa shape index (κ3) is 8.25. The molecule has 0 aromatic carbocycles. The molecule has 2 atom stereocenters. The second-order valence-corrected chi connectivity index (χ2v) is 6.37. The molecule has 1 rings (SSSR count). The van der Waals surface area contributed by atoms with Crippen molar-refractivity contribution in [2.45, 2.75) is 70.8 Å². The predicted octanol–water partition coefficient (Wildman–Crippen LogP) is 4.20. The fourth-order valence-corrected chi connectivity index (χ4v) is 2.79. The van der Waals surface area contributed by atoms with Gasteiger partial charge in [0, 0.05) is 17.9 Å². The Morgan fingerprint density at radius 2 is 2.08 bits per heavy atom. The number of hydrogen-bond acceptors (Lipinski definition) is 3. The summed E-state index contributed by atoms with van der Waals surface area (Å²) in [4.78, 5) is 22.4. The van der Waals surface area contributed by atoms with Gasteiger partial charge in [0.2, 0.25) is 0 Å². The number of carboxylic acids is 1. The highest BCUT2D eigenvalue weighted by Crippen LogP contribution is 2.26. The van der Waals surface area contributed by atoms with Crippen molar-refractivity contribution >= 4 is 11.8 Å². The van der Waals surface area contributed by atoms with Gasteiger partial charge in [0.25, 0.3) is 0 Å². The number of ketones is 1. The van der Waals surface area contributed by atoms with Crippen molar-refractivity contribution in [1.82, 2.24) is 0 Å². The van der Waals surface area contributed by atoms with Gasteiger partial charge in [-0.3, -0.25) is 9.59 Å². The number of hydrogen-bond donors (Lipinski definition) is 2. The molecular formula is C20H30O4. The Morgan fingerprint density at radius 1 is 1.29 bits per heavy atom. The van der Waals surface area contributed by atoms with Crippen molar-refractivity contribution < 1.29 is 19.8 Å². The molecule has 1 aliphatic carbocycles. The van der Waals surface area contributed by atoms with Gasteiger partial charge < -0.3 is 10.2 Å². The lowest BCUT2D eigenvalue weighted by atomic mass is 9.95. The first-order valence-electron chi connectivity index (χ1n) is 9.02. The minimum atomic E-state index is -0.768. The number of aliphatic hydroxyl groups excluding tert-OH is 1. The maximum absolute atomic E-state index is 11.9. The highest BCUT2D eigenvalue weighted by Gasteiger charge is 2.21. The molecule has 0 heterocycles. The summed E-state index contributed by atoms with van der Waals surface area (Å²) in [5, 5.41) is 18.6. The van der Waals surface area contributed by atoms with Gasteiger partial charge in [0.1, 0.15) is 0 Å². The van der Waals surface area contributed by atoms with Gasteiger partial charge in [0.05, 0.1) is 6.10 Å². The normalized spacial score (nSPS) is 20.3. The molecule has 0 aromatic rings. The Morgan fingerprint density at radius 3 is 2.79 bits per heavy atom. The summed E-state index contributed by atoms with van der Waals surface area (Å²) in [5.41, 5.74) is 0.778. The topological polar surface area (TPSA) is 74.6 Å². The van der Waals surface area contributed by atoms with Crippen LogP contribution in [0.5, 0.6) is 0 Å². The molecule has 1 aliphatic rings. The molecule has 0 saturated carbocycles. The van der Waals surface area contributed by atoms with E-state index in [0.717, 1.165) is 44.1 Å². The van der Waals surface area contributed by atoms with Crippen LogP contribution in [0.4, 0.5) is 0 Å². The van der Waals surface area contributed by atoms with Crippen LogP contribution in [-0.4, -0.2) is 28.1 Å². The van der Waals surface area contributed by atoms with E-state index in [1.807, 2.05) is 24.3 Å². The third-order valence-electron chi connectivity index (χ3n) is 4.23. The van der Waals surface area contributed by atoms with E-state index in [4.69, 9.17) is 5.11 Å². The molecule has 0 amide bonds. The lowest BCUT2D eigenvalue weighted by molar-refractivity contribution is -0.137. The number of allylic oxidation sites excluding steroid dienone is 5. The number of aliphatic hydroxyl groups is 1. The standard InChI is InChI=1S/C20H30O4/c1-2-3-6-10-17(21)13-14-18-16(12-15-19(18)22)9-7-4-5-8-11-20(23)24/h4,7,12,14-17,21H,2-3,5-6,8-11,13H2,1H3,(H,23,24)/b7-4+,18-14-/t16-,17+/m1/s1. The number of carboxylic acid groups (broad SMARTS) is 1. The maximum atomic E-state index is 11.9. The van der Waals surface area contributed by atoms with Crippen LogP contribution in [0.3, 0.4) is 0 Å². The zero-order valence-electron chi connectivity index (χ0n) is 14.6. The predicted molar refractivity (Wildman–Crippen MR) is 95.7 cm³/mol. The van der Waals surface area contributed by atoms with Crippen molar-refractivity contribution in [3.63, 3.8) is 0 Å². The second-order valence-electron chi connectivity index (χ2n) is 6.37. The van der Waals surface area contributed by atoms with Crippen molar-refractivity contribution in [2.24, 2.45) is 5.92 Å².